The highest BCUT2D eigenvalue weighted by Crippen LogP contribution is 2.27. The lowest BCUT2D eigenvalue weighted by molar-refractivity contribution is -0.137. The molecule has 0 N–H and O–H groups in total. The summed E-state index contributed by atoms with van der Waals surface area (Å²) >= 11 is 1.89. The molecule has 0 atom stereocenters. The Morgan fingerprint density at radius 3 is 2.55 bits per heavy atom. The van der Waals surface area contributed by atoms with Gasteiger partial charge in [0, 0.05) is 30.3 Å². The molecule has 0 unspecified atom stereocenters. The van der Waals surface area contributed by atoms with E-state index in [1.54, 1.807) is 7.11 Å². The molecule has 0 aromatic heterocycles. The van der Waals surface area contributed by atoms with Crippen LogP contribution < -0.4 is 4.74 Å². The minimum absolute atomic E-state index is 0.128. The van der Waals surface area contributed by atoms with Crippen LogP contribution in [0.1, 0.15) is 19.8 Å². The van der Waals surface area contributed by atoms with Crippen LogP contribution >= 0.6 is 11.8 Å². The van der Waals surface area contributed by atoms with Gasteiger partial charge in [0.05, 0.1) is 7.11 Å². The van der Waals surface area contributed by atoms with Crippen LogP contribution in [0.2, 0.25) is 0 Å². The summed E-state index contributed by atoms with van der Waals surface area (Å²) in [6.07, 6.45) is 2.17. The monoisotopic (exact) mass is 323 g/mol. The third-order valence-corrected chi connectivity index (χ3v) is 5.19. The number of rotatable bonds is 7. The highest BCUT2D eigenvalue weighted by molar-refractivity contribution is 7.99. The van der Waals surface area contributed by atoms with E-state index in [1.165, 1.54) is 4.90 Å². The van der Waals surface area contributed by atoms with Gasteiger partial charge in [-0.1, -0.05) is 0 Å². The maximum Gasteiger partial charge on any atom is 0.248 e. The minimum Gasteiger partial charge on any atom is -0.497 e. The number of thioether (sulfide) groups is 1. The smallest absolute Gasteiger partial charge is 0.248 e. The van der Waals surface area contributed by atoms with Crippen molar-refractivity contribution in [2.24, 2.45) is 5.92 Å². The average Bonchev–Trinajstić information content (AvgIpc) is 2.58. The standard InChI is InChI=1S/C17H25NO3S/c1-3-21-12-17(19)18-10-8-14(9-11-18)13-22-16-6-4-15(20-2)5-7-16/h4-7,14H,3,8-13H2,1-2H3. The zero-order valence-electron chi connectivity index (χ0n) is 13.4. The quantitative estimate of drug-likeness (QED) is 0.723. The summed E-state index contributed by atoms with van der Waals surface area (Å²) in [5, 5.41) is 0. The fourth-order valence-corrected chi connectivity index (χ4v) is 3.61. The van der Waals surface area contributed by atoms with Crippen LogP contribution in [0, 0.1) is 5.92 Å². The summed E-state index contributed by atoms with van der Waals surface area (Å²) in [5.74, 6) is 2.82. The first kappa shape index (κ1) is 17.2. The van der Waals surface area contributed by atoms with Crippen LogP contribution in [0.3, 0.4) is 0 Å². The van der Waals surface area contributed by atoms with Gasteiger partial charge in [-0.15, -0.1) is 11.8 Å². The summed E-state index contributed by atoms with van der Waals surface area (Å²) in [5.41, 5.74) is 0. The molecule has 0 spiro atoms. The van der Waals surface area contributed by atoms with E-state index in [4.69, 9.17) is 9.47 Å². The molecular weight excluding hydrogens is 298 g/mol. The molecule has 1 aliphatic rings. The van der Waals surface area contributed by atoms with E-state index in [1.807, 2.05) is 35.7 Å². The molecule has 122 valence electrons. The zero-order chi connectivity index (χ0) is 15.8. The molecule has 1 heterocycles. The third kappa shape index (κ3) is 5.21. The molecule has 1 aromatic carbocycles. The Morgan fingerprint density at radius 2 is 1.95 bits per heavy atom. The fraction of sp³-hybridized carbons (Fsp3) is 0.588. The summed E-state index contributed by atoms with van der Waals surface area (Å²) in [7, 11) is 1.68. The predicted octanol–water partition coefficient (Wildman–Crippen LogP) is 3.06. The Labute approximate surface area is 137 Å². The van der Waals surface area contributed by atoms with Crippen LogP contribution in [0.15, 0.2) is 29.2 Å². The molecule has 1 fully saturated rings. The Kier molecular flexibility index (Phi) is 7.06. The van der Waals surface area contributed by atoms with Gasteiger partial charge in [0.25, 0.3) is 0 Å². The lowest BCUT2D eigenvalue weighted by Crippen LogP contribution is -2.40. The molecule has 2 rings (SSSR count). The van der Waals surface area contributed by atoms with Gasteiger partial charge in [-0.3, -0.25) is 4.79 Å². The number of benzene rings is 1. The average molecular weight is 323 g/mol. The number of methoxy groups -OCH3 is 1. The topological polar surface area (TPSA) is 38.8 Å². The summed E-state index contributed by atoms with van der Waals surface area (Å²) in [4.78, 5) is 15.1. The molecule has 4 nitrogen and oxygen atoms in total. The number of ether oxygens (including phenoxy) is 2. The maximum atomic E-state index is 11.9. The predicted molar refractivity (Wildman–Crippen MR) is 89.5 cm³/mol. The number of carbonyl (C=O) groups is 1. The second kappa shape index (κ2) is 9.06. The van der Waals surface area contributed by atoms with Crippen LogP contribution in [-0.4, -0.2) is 50.0 Å². The first-order chi connectivity index (χ1) is 10.7. The van der Waals surface area contributed by atoms with Crippen molar-refractivity contribution in [2.45, 2.75) is 24.7 Å². The zero-order valence-corrected chi connectivity index (χ0v) is 14.2. The van der Waals surface area contributed by atoms with Gasteiger partial charge in [0.2, 0.25) is 5.91 Å². The highest BCUT2D eigenvalue weighted by atomic mass is 32.2. The Morgan fingerprint density at radius 1 is 1.27 bits per heavy atom. The van der Waals surface area contributed by atoms with E-state index in [0.717, 1.165) is 37.4 Å². The number of carbonyl (C=O) groups excluding carboxylic acids is 1. The first-order valence-electron chi connectivity index (χ1n) is 7.85. The molecule has 1 aromatic rings. The normalized spacial score (nSPS) is 15.8. The van der Waals surface area contributed by atoms with Crippen molar-refractivity contribution >= 4 is 17.7 Å². The molecule has 1 amide bonds. The summed E-state index contributed by atoms with van der Waals surface area (Å²) < 4.78 is 10.4. The van der Waals surface area contributed by atoms with Gasteiger partial charge in [-0.05, 0) is 49.9 Å². The number of likely N-dealkylation sites (tertiary alicyclic amines) is 1. The van der Waals surface area contributed by atoms with Gasteiger partial charge >= 0.3 is 0 Å². The Balaban J connectivity index is 1.69. The Hall–Kier alpha value is -1.20. The van der Waals surface area contributed by atoms with Gasteiger partial charge in [-0.2, -0.15) is 0 Å². The van der Waals surface area contributed by atoms with Crippen molar-refractivity contribution in [3.8, 4) is 5.75 Å². The lowest BCUT2D eigenvalue weighted by Gasteiger charge is -2.31. The minimum atomic E-state index is 0.128. The van der Waals surface area contributed by atoms with E-state index in [9.17, 15) is 4.79 Å². The van der Waals surface area contributed by atoms with Crippen LogP contribution in [0.25, 0.3) is 0 Å². The molecular formula is C17H25NO3S. The third-order valence-electron chi connectivity index (χ3n) is 3.94. The Bertz CT molecular complexity index is 455. The molecule has 0 bridgehead atoms. The molecule has 0 aliphatic carbocycles. The van der Waals surface area contributed by atoms with E-state index in [-0.39, 0.29) is 12.5 Å². The largest absolute Gasteiger partial charge is 0.497 e. The van der Waals surface area contributed by atoms with Crippen LogP contribution in [0.5, 0.6) is 5.75 Å². The molecule has 0 radical (unpaired) electrons. The van der Waals surface area contributed by atoms with Gasteiger partial charge in [-0.25, -0.2) is 0 Å². The number of nitrogens with zero attached hydrogens (tertiary/aromatic N) is 1. The summed E-state index contributed by atoms with van der Waals surface area (Å²) in [6, 6.07) is 8.20. The van der Waals surface area contributed by atoms with Crippen molar-refractivity contribution in [1.82, 2.24) is 4.90 Å². The molecule has 1 aliphatic heterocycles. The number of amides is 1. The maximum absolute atomic E-state index is 11.9. The molecule has 5 heteroatoms. The van der Waals surface area contributed by atoms with Gasteiger partial charge < -0.3 is 14.4 Å². The van der Waals surface area contributed by atoms with Crippen molar-refractivity contribution in [3.63, 3.8) is 0 Å². The van der Waals surface area contributed by atoms with Crippen LogP contribution in [0.4, 0.5) is 0 Å². The number of hydrogen-bond donors (Lipinski definition) is 0. The molecule has 22 heavy (non-hydrogen) atoms. The van der Waals surface area contributed by atoms with E-state index < -0.39 is 0 Å². The van der Waals surface area contributed by atoms with Crippen LogP contribution in [-0.2, 0) is 9.53 Å². The van der Waals surface area contributed by atoms with Crippen molar-refractivity contribution in [1.29, 1.82) is 0 Å². The molecule has 1 saturated heterocycles. The van der Waals surface area contributed by atoms with Gasteiger partial charge in [0.1, 0.15) is 12.4 Å². The SMILES string of the molecule is CCOCC(=O)N1CCC(CSc2ccc(OC)cc2)CC1. The first-order valence-corrected chi connectivity index (χ1v) is 8.84. The summed E-state index contributed by atoms with van der Waals surface area (Å²) in [6.45, 7) is 4.46. The van der Waals surface area contributed by atoms with E-state index in [2.05, 4.69) is 12.1 Å². The highest BCUT2D eigenvalue weighted by Gasteiger charge is 2.22. The van der Waals surface area contributed by atoms with E-state index >= 15 is 0 Å². The molecule has 0 saturated carbocycles. The van der Waals surface area contributed by atoms with Crippen molar-refractivity contribution < 1.29 is 14.3 Å². The van der Waals surface area contributed by atoms with Gasteiger partial charge in [0.15, 0.2) is 0 Å². The second-order valence-electron chi connectivity index (χ2n) is 5.45. The van der Waals surface area contributed by atoms with Crippen molar-refractivity contribution in [3.05, 3.63) is 24.3 Å². The lowest BCUT2D eigenvalue weighted by atomic mass is 9.99. The number of hydrogen-bond acceptors (Lipinski definition) is 4. The number of piperidine rings is 1. The second-order valence-corrected chi connectivity index (χ2v) is 6.54. The van der Waals surface area contributed by atoms with Crippen molar-refractivity contribution in [2.75, 3.05) is 39.2 Å². The van der Waals surface area contributed by atoms with E-state index in [0.29, 0.717) is 12.5 Å². The fourth-order valence-electron chi connectivity index (χ4n) is 2.52.